The summed E-state index contributed by atoms with van der Waals surface area (Å²) >= 11 is 0. The zero-order valence-corrected chi connectivity index (χ0v) is 13.0. The van der Waals surface area contributed by atoms with Crippen molar-refractivity contribution in [3.8, 4) is 5.75 Å². The monoisotopic (exact) mass is 305 g/mol. The van der Waals surface area contributed by atoms with Crippen LogP contribution in [0.15, 0.2) is 11.0 Å². The molecule has 0 bridgehead atoms. The Kier molecular flexibility index (Phi) is 4.25. The van der Waals surface area contributed by atoms with Crippen molar-refractivity contribution in [2.24, 2.45) is 5.73 Å². The third-order valence-electron chi connectivity index (χ3n) is 3.82. The number of phenolic OH excluding ortho intramolecular Hbond substituents is 1. The summed E-state index contributed by atoms with van der Waals surface area (Å²) in [7, 11) is -3.44. The highest BCUT2D eigenvalue weighted by Gasteiger charge is 2.34. The molecule has 108 valence electrons. The number of hydrogen-bond donors (Lipinski definition) is 2. The molecule has 19 heavy (non-hydrogen) atoms. The number of halogens is 1. The number of fused-ring (bicyclic) bond motifs is 1. The molecule has 0 saturated carbocycles. The molecule has 0 aromatic heterocycles. The summed E-state index contributed by atoms with van der Waals surface area (Å²) in [6.07, 6.45) is 2.89. The third-order valence-corrected chi connectivity index (χ3v) is 4.93. The Balaban J connectivity index is 0.00000180. The fourth-order valence-electron chi connectivity index (χ4n) is 2.70. The van der Waals surface area contributed by atoms with Crippen LogP contribution in [0.2, 0.25) is 0 Å². The Bertz CT molecular complexity index is 609. The molecule has 1 aliphatic carbocycles. The van der Waals surface area contributed by atoms with Gasteiger partial charge in [0, 0.05) is 18.4 Å². The lowest BCUT2D eigenvalue weighted by Gasteiger charge is -2.21. The summed E-state index contributed by atoms with van der Waals surface area (Å²) in [5, 5.41) is 10.1. The zero-order valence-electron chi connectivity index (χ0n) is 11.4. The Labute approximate surface area is 120 Å². The average molecular weight is 306 g/mol. The number of hydrogen-bond acceptors (Lipinski definition) is 4. The first-order chi connectivity index (χ1) is 8.18. The van der Waals surface area contributed by atoms with Gasteiger partial charge in [-0.1, -0.05) is 13.8 Å². The van der Waals surface area contributed by atoms with Crippen LogP contribution in [0.3, 0.4) is 0 Å². The van der Waals surface area contributed by atoms with Crippen molar-refractivity contribution < 1.29 is 13.5 Å². The molecule has 0 amide bonds. The number of aromatic hydroxyl groups is 1. The summed E-state index contributed by atoms with van der Waals surface area (Å²) in [5.74, 6) is -0.170. The van der Waals surface area contributed by atoms with E-state index in [1.807, 2.05) is 0 Å². The van der Waals surface area contributed by atoms with Gasteiger partial charge in [0.1, 0.15) is 10.6 Å². The predicted octanol–water partition coefficient (Wildman–Crippen LogP) is 1.90. The standard InChI is InChI=1S/C13H19NO3S.ClH/c1-13(2)5-4-8-9(7-14)12(15)11(6-10(8)13)18(3,16)17;/h6,15H,4-5,7,14H2,1-3H3;1H. The number of benzene rings is 1. The Hall–Kier alpha value is -0.780. The van der Waals surface area contributed by atoms with E-state index in [9.17, 15) is 13.5 Å². The van der Waals surface area contributed by atoms with E-state index < -0.39 is 9.84 Å². The van der Waals surface area contributed by atoms with Gasteiger partial charge in [0.05, 0.1) is 0 Å². The van der Waals surface area contributed by atoms with E-state index in [-0.39, 0.29) is 35.0 Å². The summed E-state index contributed by atoms with van der Waals surface area (Å²) < 4.78 is 23.5. The number of sulfone groups is 1. The second kappa shape index (κ2) is 4.96. The van der Waals surface area contributed by atoms with Crippen LogP contribution < -0.4 is 5.73 Å². The fourth-order valence-corrected chi connectivity index (χ4v) is 3.51. The first-order valence-corrected chi connectivity index (χ1v) is 7.86. The van der Waals surface area contributed by atoms with Crippen molar-refractivity contribution in [1.82, 2.24) is 0 Å². The van der Waals surface area contributed by atoms with Gasteiger partial charge in [-0.15, -0.1) is 12.4 Å². The van der Waals surface area contributed by atoms with Crippen molar-refractivity contribution in [3.05, 3.63) is 22.8 Å². The van der Waals surface area contributed by atoms with Crippen LogP contribution in [-0.2, 0) is 28.2 Å². The van der Waals surface area contributed by atoms with E-state index in [0.717, 1.165) is 30.2 Å². The van der Waals surface area contributed by atoms with Crippen molar-refractivity contribution in [2.45, 2.75) is 43.5 Å². The van der Waals surface area contributed by atoms with Gasteiger partial charge < -0.3 is 10.8 Å². The number of nitrogens with two attached hydrogens (primary N) is 1. The molecule has 1 aliphatic rings. The number of phenols is 1. The molecule has 2 rings (SSSR count). The van der Waals surface area contributed by atoms with Gasteiger partial charge in [0.25, 0.3) is 0 Å². The lowest BCUT2D eigenvalue weighted by atomic mass is 9.86. The van der Waals surface area contributed by atoms with Crippen molar-refractivity contribution in [3.63, 3.8) is 0 Å². The molecule has 0 heterocycles. The van der Waals surface area contributed by atoms with E-state index in [2.05, 4.69) is 13.8 Å². The smallest absolute Gasteiger partial charge is 0.179 e. The third kappa shape index (κ3) is 2.59. The van der Waals surface area contributed by atoms with Gasteiger partial charge in [-0.05, 0) is 35.4 Å². The first-order valence-electron chi connectivity index (χ1n) is 5.97. The summed E-state index contributed by atoms with van der Waals surface area (Å²) in [6, 6.07) is 1.62. The first kappa shape index (κ1) is 16.3. The second-order valence-electron chi connectivity index (χ2n) is 5.59. The molecule has 0 saturated heterocycles. The van der Waals surface area contributed by atoms with Crippen LogP contribution in [0, 0.1) is 0 Å². The SMILES string of the molecule is CC1(C)CCc2c1cc(S(C)(=O)=O)c(O)c2CN.Cl. The van der Waals surface area contributed by atoms with Crippen molar-refractivity contribution >= 4 is 22.2 Å². The molecule has 0 unspecified atom stereocenters. The van der Waals surface area contributed by atoms with Gasteiger partial charge in [-0.3, -0.25) is 0 Å². The molecule has 0 fully saturated rings. The molecule has 3 N–H and O–H groups in total. The topological polar surface area (TPSA) is 80.4 Å². The Morgan fingerprint density at radius 2 is 2.00 bits per heavy atom. The minimum Gasteiger partial charge on any atom is -0.506 e. The summed E-state index contributed by atoms with van der Waals surface area (Å²) in [4.78, 5) is -0.00308. The molecule has 4 nitrogen and oxygen atoms in total. The van der Waals surface area contributed by atoms with Gasteiger partial charge >= 0.3 is 0 Å². The van der Waals surface area contributed by atoms with Gasteiger partial charge in [-0.2, -0.15) is 0 Å². The molecule has 1 aromatic carbocycles. The molecular formula is C13H20ClNO3S. The average Bonchev–Trinajstić information content (AvgIpc) is 2.52. The lowest BCUT2D eigenvalue weighted by Crippen LogP contribution is -2.14. The summed E-state index contributed by atoms with van der Waals surface area (Å²) in [6.45, 7) is 4.33. The minimum absolute atomic E-state index is 0. The zero-order chi connectivity index (χ0) is 13.7. The second-order valence-corrected chi connectivity index (χ2v) is 7.57. The normalized spacial score (nSPS) is 16.8. The molecular weight excluding hydrogens is 286 g/mol. The van der Waals surface area contributed by atoms with Gasteiger partial charge in [0.15, 0.2) is 9.84 Å². The maximum Gasteiger partial charge on any atom is 0.179 e. The predicted molar refractivity (Wildman–Crippen MR) is 77.7 cm³/mol. The quantitative estimate of drug-likeness (QED) is 0.874. The maximum absolute atomic E-state index is 11.7. The highest BCUT2D eigenvalue weighted by molar-refractivity contribution is 7.90. The highest BCUT2D eigenvalue weighted by atomic mass is 35.5. The molecule has 1 aromatic rings. The Morgan fingerprint density at radius 3 is 2.47 bits per heavy atom. The summed E-state index contributed by atoms with van der Waals surface area (Å²) in [5.41, 5.74) is 8.21. The van der Waals surface area contributed by atoms with Crippen molar-refractivity contribution in [2.75, 3.05) is 6.26 Å². The highest BCUT2D eigenvalue weighted by Crippen LogP contribution is 2.44. The minimum atomic E-state index is -3.44. The van der Waals surface area contributed by atoms with E-state index in [0.29, 0.717) is 5.56 Å². The van der Waals surface area contributed by atoms with Crippen LogP contribution in [0.5, 0.6) is 5.75 Å². The number of rotatable bonds is 2. The lowest BCUT2D eigenvalue weighted by molar-refractivity contribution is 0.450. The Morgan fingerprint density at radius 1 is 1.42 bits per heavy atom. The van der Waals surface area contributed by atoms with Gasteiger partial charge in [-0.25, -0.2) is 8.42 Å². The maximum atomic E-state index is 11.7. The van der Waals surface area contributed by atoms with Gasteiger partial charge in [0.2, 0.25) is 0 Å². The van der Waals surface area contributed by atoms with E-state index in [4.69, 9.17) is 5.73 Å². The van der Waals surface area contributed by atoms with Crippen LogP contribution in [0.1, 0.15) is 37.0 Å². The van der Waals surface area contributed by atoms with Crippen LogP contribution in [0.4, 0.5) is 0 Å². The van der Waals surface area contributed by atoms with Crippen molar-refractivity contribution in [1.29, 1.82) is 0 Å². The van der Waals surface area contributed by atoms with E-state index >= 15 is 0 Å². The molecule has 0 aliphatic heterocycles. The molecule has 6 heteroatoms. The van der Waals surface area contributed by atoms with Crippen LogP contribution >= 0.6 is 12.4 Å². The molecule has 0 atom stereocenters. The largest absolute Gasteiger partial charge is 0.506 e. The molecule has 0 spiro atoms. The van der Waals surface area contributed by atoms with E-state index in [1.165, 1.54) is 0 Å². The van der Waals surface area contributed by atoms with E-state index in [1.54, 1.807) is 6.07 Å². The molecule has 0 radical (unpaired) electrons. The van der Waals surface area contributed by atoms with Crippen LogP contribution in [0.25, 0.3) is 0 Å². The van der Waals surface area contributed by atoms with Crippen LogP contribution in [-0.4, -0.2) is 19.8 Å². The fraction of sp³-hybridized carbons (Fsp3) is 0.538.